The van der Waals surface area contributed by atoms with Gasteiger partial charge >= 0.3 is 13.6 Å². The number of rotatable bonds is 5. The Morgan fingerprint density at radius 1 is 1.33 bits per heavy atom. The number of aliphatic carboxylic acids is 1. The molecule has 1 aromatic rings. The molecule has 8 heteroatoms. The highest BCUT2D eigenvalue weighted by Gasteiger charge is 2.20. The minimum absolute atomic E-state index is 0.0212. The molecule has 0 saturated heterocycles. The molecule has 18 heavy (non-hydrogen) atoms. The van der Waals surface area contributed by atoms with Gasteiger partial charge in [-0.1, -0.05) is 6.07 Å². The standard InChI is InChI=1S/C10H14NO6P/c11-9(10(13)14)4-6-1-2-8(18(15,16)17)3-7(6)5-12/h1-3,9,12H,4-5,11H2,(H,13,14)(H2,15,16,17). The first-order valence-corrected chi connectivity index (χ1v) is 6.64. The largest absolute Gasteiger partial charge is 0.480 e. The van der Waals surface area contributed by atoms with Crippen LogP contribution in [-0.4, -0.2) is 32.0 Å². The summed E-state index contributed by atoms with van der Waals surface area (Å²) in [5, 5.41) is 17.6. The van der Waals surface area contributed by atoms with Crippen molar-refractivity contribution >= 4 is 18.9 Å². The normalized spacial score (nSPS) is 13.3. The van der Waals surface area contributed by atoms with E-state index in [1.807, 2.05) is 0 Å². The number of benzene rings is 1. The smallest absolute Gasteiger partial charge is 0.356 e. The molecule has 0 radical (unpaired) electrons. The maximum atomic E-state index is 11.0. The van der Waals surface area contributed by atoms with E-state index in [2.05, 4.69) is 0 Å². The molecule has 1 rings (SSSR count). The number of carbonyl (C=O) groups is 1. The average molecular weight is 275 g/mol. The summed E-state index contributed by atoms with van der Waals surface area (Å²) in [6.07, 6.45) is -0.0212. The van der Waals surface area contributed by atoms with E-state index in [9.17, 15) is 9.36 Å². The third-order valence-corrected chi connectivity index (χ3v) is 3.40. The Labute approximate surface area is 103 Å². The molecular weight excluding hydrogens is 261 g/mol. The molecule has 0 saturated carbocycles. The summed E-state index contributed by atoms with van der Waals surface area (Å²) in [5.74, 6) is -1.18. The molecule has 0 aromatic heterocycles. The van der Waals surface area contributed by atoms with Crippen LogP contribution in [0.2, 0.25) is 0 Å². The van der Waals surface area contributed by atoms with Crippen molar-refractivity contribution in [2.75, 3.05) is 0 Å². The van der Waals surface area contributed by atoms with E-state index in [0.29, 0.717) is 5.56 Å². The fourth-order valence-corrected chi connectivity index (χ4v) is 2.06. The second-order valence-electron chi connectivity index (χ2n) is 3.80. The van der Waals surface area contributed by atoms with Crippen LogP contribution in [0.15, 0.2) is 18.2 Å². The van der Waals surface area contributed by atoms with Gasteiger partial charge in [-0.05, 0) is 29.7 Å². The summed E-state index contributed by atoms with van der Waals surface area (Å²) in [6.45, 7) is -0.449. The third-order valence-electron chi connectivity index (χ3n) is 2.45. The van der Waals surface area contributed by atoms with Gasteiger partial charge in [0.05, 0.1) is 11.9 Å². The summed E-state index contributed by atoms with van der Waals surface area (Å²) in [7, 11) is -4.39. The summed E-state index contributed by atoms with van der Waals surface area (Å²) < 4.78 is 11.0. The Hall–Kier alpha value is -1.24. The predicted octanol–water partition coefficient (Wildman–Crippen LogP) is -1.06. The minimum Gasteiger partial charge on any atom is -0.480 e. The Morgan fingerprint density at radius 2 is 1.94 bits per heavy atom. The van der Waals surface area contributed by atoms with Crippen molar-refractivity contribution in [1.29, 1.82) is 0 Å². The van der Waals surface area contributed by atoms with Crippen LogP contribution in [0.1, 0.15) is 11.1 Å². The van der Waals surface area contributed by atoms with Crippen LogP contribution in [0.25, 0.3) is 0 Å². The van der Waals surface area contributed by atoms with Gasteiger partial charge in [0.25, 0.3) is 0 Å². The van der Waals surface area contributed by atoms with E-state index in [1.165, 1.54) is 12.1 Å². The van der Waals surface area contributed by atoms with Crippen LogP contribution < -0.4 is 11.0 Å². The molecule has 1 unspecified atom stereocenters. The number of hydrogen-bond donors (Lipinski definition) is 5. The van der Waals surface area contributed by atoms with Crippen LogP contribution >= 0.6 is 7.60 Å². The Kier molecular flexibility index (Phi) is 4.61. The zero-order valence-electron chi connectivity index (χ0n) is 9.35. The molecular formula is C10H14NO6P. The molecule has 0 aliphatic carbocycles. The lowest BCUT2D eigenvalue weighted by molar-refractivity contribution is -0.138. The topological polar surface area (TPSA) is 141 Å². The van der Waals surface area contributed by atoms with Gasteiger partial charge in [-0.3, -0.25) is 9.36 Å². The van der Waals surface area contributed by atoms with E-state index in [-0.39, 0.29) is 17.3 Å². The molecule has 7 nitrogen and oxygen atoms in total. The predicted molar refractivity (Wildman–Crippen MR) is 63.4 cm³/mol. The third kappa shape index (κ3) is 3.63. The van der Waals surface area contributed by atoms with Crippen molar-refractivity contribution in [2.45, 2.75) is 19.1 Å². The van der Waals surface area contributed by atoms with Gasteiger partial charge in [-0.2, -0.15) is 0 Å². The maximum Gasteiger partial charge on any atom is 0.356 e. The first-order chi connectivity index (χ1) is 8.25. The summed E-state index contributed by atoms with van der Waals surface area (Å²) >= 11 is 0. The van der Waals surface area contributed by atoms with Crippen molar-refractivity contribution < 1.29 is 29.4 Å². The van der Waals surface area contributed by atoms with Crippen molar-refractivity contribution in [2.24, 2.45) is 5.73 Å². The van der Waals surface area contributed by atoms with Gasteiger partial charge in [-0.15, -0.1) is 0 Å². The lowest BCUT2D eigenvalue weighted by Gasteiger charge is -2.12. The zero-order valence-corrected chi connectivity index (χ0v) is 10.2. The van der Waals surface area contributed by atoms with Crippen molar-refractivity contribution in [3.8, 4) is 0 Å². The maximum absolute atomic E-state index is 11.0. The second kappa shape index (κ2) is 5.60. The number of carboxylic acids is 1. The Balaban J connectivity index is 3.08. The van der Waals surface area contributed by atoms with Crippen LogP contribution in [-0.2, 0) is 22.4 Å². The summed E-state index contributed by atoms with van der Waals surface area (Å²) in [4.78, 5) is 28.6. The van der Waals surface area contributed by atoms with E-state index in [1.54, 1.807) is 0 Å². The molecule has 0 aliphatic rings. The molecule has 0 aliphatic heterocycles. The second-order valence-corrected chi connectivity index (χ2v) is 5.41. The van der Waals surface area contributed by atoms with E-state index < -0.39 is 26.2 Å². The highest BCUT2D eigenvalue weighted by atomic mass is 31.2. The molecule has 0 fully saturated rings. The summed E-state index contributed by atoms with van der Waals surface area (Å²) in [5.41, 5.74) is 6.07. The quantitative estimate of drug-likeness (QED) is 0.431. The van der Waals surface area contributed by atoms with E-state index in [0.717, 1.165) is 6.07 Å². The minimum atomic E-state index is -4.39. The number of aliphatic hydroxyl groups is 1. The molecule has 1 atom stereocenters. The number of aliphatic hydroxyl groups excluding tert-OH is 1. The van der Waals surface area contributed by atoms with Crippen molar-refractivity contribution in [3.63, 3.8) is 0 Å². The fraction of sp³-hybridized carbons (Fsp3) is 0.300. The van der Waals surface area contributed by atoms with Crippen LogP contribution in [0.4, 0.5) is 0 Å². The lowest BCUT2D eigenvalue weighted by atomic mass is 10.0. The fourth-order valence-electron chi connectivity index (χ4n) is 1.46. The Bertz CT molecular complexity index is 497. The zero-order chi connectivity index (χ0) is 13.9. The van der Waals surface area contributed by atoms with Crippen LogP contribution in [0, 0.1) is 0 Å². The highest BCUT2D eigenvalue weighted by Crippen LogP contribution is 2.33. The molecule has 0 amide bonds. The highest BCUT2D eigenvalue weighted by molar-refractivity contribution is 7.60. The van der Waals surface area contributed by atoms with Crippen LogP contribution in [0.3, 0.4) is 0 Å². The lowest BCUT2D eigenvalue weighted by Crippen LogP contribution is -2.32. The van der Waals surface area contributed by atoms with Gasteiger partial charge in [-0.25, -0.2) is 0 Å². The van der Waals surface area contributed by atoms with Gasteiger partial charge in [0, 0.05) is 0 Å². The van der Waals surface area contributed by atoms with Crippen molar-refractivity contribution in [1.82, 2.24) is 0 Å². The molecule has 0 spiro atoms. The molecule has 1 aromatic carbocycles. The first kappa shape index (κ1) is 14.8. The van der Waals surface area contributed by atoms with Crippen LogP contribution in [0.5, 0.6) is 0 Å². The average Bonchev–Trinajstić information content (AvgIpc) is 2.27. The van der Waals surface area contributed by atoms with E-state index >= 15 is 0 Å². The van der Waals surface area contributed by atoms with Gasteiger partial charge in [0.15, 0.2) is 0 Å². The van der Waals surface area contributed by atoms with Gasteiger partial charge in [0.1, 0.15) is 6.04 Å². The Morgan fingerprint density at radius 3 is 2.39 bits per heavy atom. The molecule has 6 N–H and O–H groups in total. The van der Waals surface area contributed by atoms with Gasteiger partial charge < -0.3 is 25.7 Å². The monoisotopic (exact) mass is 275 g/mol. The number of nitrogens with two attached hydrogens (primary N) is 1. The van der Waals surface area contributed by atoms with Crippen molar-refractivity contribution in [3.05, 3.63) is 29.3 Å². The van der Waals surface area contributed by atoms with E-state index in [4.69, 9.17) is 25.7 Å². The number of hydrogen-bond acceptors (Lipinski definition) is 4. The number of carboxylic acid groups (broad SMARTS) is 1. The van der Waals surface area contributed by atoms with Gasteiger partial charge in [0.2, 0.25) is 0 Å². The SMILES string of the molecule is NC(Cc1ccc(P(=O)(O)O)cc1CO)C(=O)O. The molecule has 0 heterocycles. The first-order valence-electron chi connectivity index (χ1n) is 5.03. The molecule has 0 bridgehead atoms. The summed E-state index contributed by atoms with van der Waals surface area (Å²) in [6, 6.07) is 2.59. The molecule has 100 valence electrons.